The third-order valence-electron chi connectivity index (χ3n) is 10.7. The molecule has 0 radical (unpaired) electrons. The first-order valence-electron chi connectivity index (χ1n) is 12.9. The minimum Gasteiger partial charge on any atom is -0.411 e. The Morgan fingerprint density at radius 3 is 2.43 bits per heavy atom. The predicted molar refractivity (Wildman–Crippen MR) is 123 cm³/mol. The Balaban J connectivity index is 1.50. The molecule has 0 aromatic carbocycles. The Morgan fingerprint density at radius 2 is 1.73 bits per heavy atom. The fourth-order valence-electron chi connectivity index (χ4n) is 9.06. The lowest BCUT2D eigenvalue weighted by atomic mass is 9.44. The summed E-state index contributed by atoms with van der Waals surface area (Å²) in [6.45, 7) is 12.3. The minimum absolute atomic E-state index is 0.0928. The van der Waals surface area contributed by atoms with Gasteiger partial charge in [0.15, 0.2) is 5.78 Å². The van der Waals surface area contributed by atoms with Gasteiger partial charge >= 0.3 is 0 Å². The SMILES string of the molecule is CC(C)CCCC(C)C1CCC2C3CCC4CC(=O)C(=NO)CC4(C)C3CCC12C. The lowest BCUT2D eigenvalue weighted by molar-refractivity contribution is -0.127. The molecule has 4 fully saturated rings. The average molecular weight is 416 g/mol. The topological polar surface area (TPSA) is 49.7 Å². The number of oxime groups is 1. The van der Waals surface area contributed by atoms with Crippen LogP contribution >= 0.6 is 0 Å². The largest absolute Gasteiger partial charge is 0.411 e. The normalized spacial score (nSPS) is 45.9. The molecule has 1 N–H and O–H groups in total. The molecule has 8 atom stereocenters. The molecular formula is C27H45NO2. The molecule has 3 heteroatoms. The van der Waals surface area contributed by atoms with Gasteiger partial charge in [-0.15, -0.1) is 0 Å². The first-order chi connectivity index (χ1) is 14.2. The highest BCUT2D eigenvalue weighted by atomic mass is 16.4. The molecule has 0 aromatic heterocycles. The van der Waals surface area contributed by atoms with E-state index in [1.54, 1.807) is 0 Å². The van der Waals surface area contributed by atoms with Crippen molar-refractivity contribution in [2.75, 3.05) is 0 Å². The van der Waals surface area contributed by atoms with E-state index in [1.807, 2.05) is 0 Å². The highest BCUT2D eigenvalue weighted by molar-refractivity contribution is 6.40. The summed E-state index contributed by atoms with van der Waals surface area (Å²) in [4.78, 5) is 12.4. The number of nitrogens with zero attached hydrogens (tertiary/aromatic N) is 1. The smallest absolute Gasteiger partial charge is 0.180 e. The summed E-state index contributed by atoms with van der Waals surface area (Å²) in [5.74, 6) is 5.53. The molecule has 3 nitrogen and oxygen atoms in total. The van der Waals surface area contributed by atoms with E-state index in [0.29, 0.717) is 35.8 Å². The van der Waals surface area contributed by atoms with Crippen LogP contribution in [0.15, 0.2) is 5.16 Å². The Bertz CT molecular complexity index is 684. The molecule has 0 heterocycles. The van der Waals surface area contributed by atoms with Crippen molar-refractivity contribution in [2.45, 2.75) is 105 Å². The molecule has 4 rings (SSSR count). The first-order valence-corrected chi connectivity index (χ1v) is 12.9. The maximum Gasteiger partial charge on any atom is 0.180 e. The van der Waals surface area contributed by atoms with Gasteiger partial charge in [0.25, 0.3) is 0 Å². The fourth-order valence-corrected chi connectivity index (χ4v) is 9.06. The maximum absolute atomic E-state index is 12.4. The highest BCUT2D eigenvalue weighted by Gasteiger charge is 2.61. The number of carbonyl (C=O) groups is 1. The van der Waals surface area contributed by atoms with E-state index in [-0.39, 0.29) is 11.2 Å². The number of ketones is 1. The van der Waals surface area contributed by atoms with Gasteiger partial charge in [-0.3, -0.25) is 4.79 Å². The van der Waals surface area contributed by atoms with E-state index < -0.39 is 0 Å². The first kappa shape index (κ1) is 22.3. The van der Waals surface area contributed by atoms with E-state index in [4.69, 9.17) is 0 Å². The van der Waals surface area contributed by atoms with Gasteiger partial charge in [0.05, 0.1) is 0 Å². The van der Waals surface area contributed by atoms with E-state index in [2.05, 4.69) is 39.8 Å². The van der Waals surface area contributed by atoms with Crippen molar-refractivity contribution in [1.82, 2.24) is 0 Å². The Kier molecular flexibility index (Phi) is 6.14. The summed E-state index contributed by atoms with van der Waals surface area (Å²) in [5, 5.41) is 12.8. The summed E-state index contributed by atoms with van der Waals surface area (Å²) in [6, 6.07) is 0. The number of Topliss-reactive ketones (excluding diaryl/α,β-unsaturated/α-hetero) is 1. The molecule has 0 saturated heterocycles. The molecule has 4 aliphatic carbocycles. The Morgan fingerprint density at radius 1 is 1.00 bits per heavy atom. The third kappa shape index (κ3) is 3.56. The second-order valence-electron chi connectivity index (χ2n) is 12.5. The van der Waals surface area contributed by atoms with Crippen molar-refractivity contribution in [3.63, 3.8) is 0 Å². The molecule has 0 amide bonds. The van der Waals surface area contributed by atoms with Crippen molar-refractivity contribution < 1.29 is 10.0 Å². The number of carbonyl (C=O) groups excluding carboxylic acids is 1. The minimum atomic E-state index is 0.0928. The number of hydrogen-bond donors (Lipinski definition) is 1. The molecule has 0 aromatic rings. The van der Waals surface area contributed by atoms with Crippen molar-refractivity contribution in [2.24, 2.45) is 57.4 Å². The van der Waals surface area contributed by atoms with Gasteiger partial charge < -0.3 is 5.21 Å². The van der Waals surface area contributed by atoms with Crippen molar-refractivity contribution >= 4 is 11.5 Å². The lowest BCUT2D eigenvalue weighted by Gasteiger charge is -2.60. The van der Waals surface area contributed by atoms with Gasteiger partial charge in [0.2, 0.25) is 0 Å². The van der Waals surface area contributed by atoms with Gasteiger partial charge in [-0.25, -0.2) is 0 Å². The predicted octanol–water partition coefficient (Wildman–Crippen LogP) is 7.12. The molecule has 4 saturated carbocycles. The summed E-state index contributed by atoms with van der Waals surface area (Å²) >= 11 is 0. The Hall–Kier alpha value is -0.860. The van der Waals surface area contributed by atoms with Crippen LogP contribution in [0.4, 0.5) is 0 Å². The standard InChI is InChI=1S/C27H45NO2/c1-17(2)7-6-8-18(3)21-11-12-22-20-10-9-19-15-25(29)24(28-30)16-27(19,5)23(20)13-14-26(21,22)4/h17-23,30H,6-16H2,1-5H3. The van der Waals surface area contributed by atoms with E-state index in [0.717, 1.165) is 29.6 Å². The monoisotopic (exact) mass is 415 g/mol. The molecular weight excluding hydrogens is 370 g/mol. The van der Waals surface area contributed by atoms with Crippen LogP contribution in [-0.2, 0) is 4.79 Å². The van der Waals surface area contributed by atoms with E-state index in [9.17, 15) is 10.0 Å². The van der Waals surface area contributed by atoms with Crippen LogP contribution < -0.4 is 0 Å². The number of hydrogen-bond acceptors (Lipinski definition) is 3. The number of rotatable bonds is 5. The Labute approximate surface area is 184 Å². The van der Waals surface area contributed by atoms with Crippen LogP contribution in [0.3, 0.4) is 0 Å². The summed E-state index contributed by atoms with van der Waals surface area (Å²) in [5.41, 5.74) is 1.12. The van der Waals surface area contributed by atoms with Crippen LogP contribution in [0.5, 0.6) is 0 Å². The van der Waals surface area contributed by atoms with Gasteiger partial charge in [0.1, 0.15) is 5.71 Å². The van der Waals surface area contributed by atoms with Crippen LogP contribution in [0.1, 0.15) is 105 Å². The average Bonchev–Trinajstić information content (AvgIpc) is 3.05. The van der Waals surface area contributed by atoms with Crippen molar-refractivity contribution in [1.29, 1.82) is 0 Å². The quantitative estimate of drug-likeness (QED) is 0.384. The van der Waals surface area contributed by atoms with Gasteiger partial charge in [0, 0.05) is 12.8 Å². The van der Waals surface area contributed by atoms with E-state index in [1.165, 1.54) is 57.8 Å². The molecule has 0 aliphatic heterocycles. The zero-order valence-corrected chi connectivity index (χ0v) is 20.1. The number of fused-ring (bicyclic) bond motifs is 5. The molecule has 8 unspecified atom stereocenters. The van der Waals surface area contributed by atoms with Gasteiger partial charge in [-0.1, -0.05) is 59.0 Å². The maximum atomic E-state index is 12.4. The van der Waals surface area contributed by atoms with Crippen molar-refractivity contribution in [3.8, 4) is 0 Å². The summed E-state index contributed by atoms with van der Waals surface area (Å²) in [7, 11) is 0. The summed E-state index contributed by atoms with van der Waals surface area (Å²) in [6.07, 6.45) is 13.5. The highest BCUT2D eigenvalue weighted by Crippen LogP contribution is 2.68. The third-order valence-corrected chi connectivity index (χ3v) is 10.7. The molecule has 0 spiro atoms. The zero-order chi connectivity index (χ0) is 21.7. The second-order valence-corrected chi connectivity index (χ2v) is 12.5. The van der Waals surface area contributed by atoms with Crippen LogP contribution in [0, 0.1) is 52.3 Å². The second kappa shape index (κ2) is 8.24. The molecule has 170 valence electrons. The zero-order valence-electron chi connectivity index (χ0n) is 20.1. The van der Waals surface area contributed by atoms with Crippen molar-refractivity contribution in [3.05, 3.63) is 0 Å². The van der Waals surface area contributed by atoms with Gasteiger partial charge in [-0.2, -0.15) is 0 Å². The molecule has 30 heavy (non-hydrogen) atoms. The molecule has 4 aliphatic rings. The van der Waals surface area contributed by atoms with Crippen LogP contribution in [-0.4, -0.2) is 16.7 Å². The lowest BCUT2D eigenvalue weighted by Crippen LogP contribution is -2.55. The van der Waals surface area contributed by atoms with Gasteiger partial charge in [-0.05, 0) is 90.8 Å². The fraction of sp³-hybridized carbons (Fsp3) is 0.926. The summed E-state index contributed by atoms with van der Waals surface area (Å²) < 4.78 is 0. The molecule has 0 bridgehead atoms. The van der Waals surface area contributed by atoms with E-state index >= 15 is 0 Å². The van der Waals surface area contributed by atoms with Crippen LogP contribution in [0.2, 0.25) is 0 Å². The van der Waals surface area contributed by atoms with Crippen LogP contribution in [0.25, 0.3) is 0 Å².